The summed E-state index contributed by atoms with van der Waals surface area (Å²) in [6.45, 7) is 3.09. The predicted molar refractivity (Wildman–Crippen MR) is 152 cm³/mol. The Labute approximate surface area is 238 Å². The fraction of sp³-hybridized carbons (Fsp3) is 0.286. The molecule has 0 bridgehead atoms. The van der Waals surface area contributed by atoms with Crippen molar-refractivity contribution in [1.82, 2.24) is 10.2 Å². The van der Waals surface area contributed by atoms with Crippen LogP contribution < -0.4 is 9.62 Å². The summed E-state index contributed by atoms with van der Waals surface area (Å²) in [5.41, 5.74) is 0.213. The lowest BCUT2D eigenvalue weighted by Crippen LogP contribution is -2.51. The summed E-state index contributed by atoms with van der Waals surface area (Å²) in [6.07, 6.45) is 1.62. The Morgan fingerprint density at radius 3 is 2.31 bits per heavy atom. The number of benzene rings is 3. The van der Waals surface area contributed by atoms with Crippen molar-refractivity contribution in [3.8, 4) is 0 Å². The highest BCUT2D eigenvalue weighted by molar-refractivity contribution is 7.92. The summed E-state index contributed by atoms with van der Waals surface area (Å²) in [5.74, 6) is -1.95. The number of amides is 2. The molecule has 3 aromatic rings. The van der Waals surface area contributed by atoms with E-state index >= 15 is 0 Å². The number of nitrogens with zero attached hydrogens (tertiary/aromatic N) is 2. The molecule has 0 aliphatic rings. The molecule has 1 atom stereocenters. The lowest BCUT2D eigenvalue weighted by Gasteiger charge is -2.32. The summed E-state index contributed by atoms with van der Waals surface area (Å²) in [4.78, 5) is 27.9. The molecule has 208 valence electrons. The number of hydrogen-bond donors (Lipinski definition) is 1. The molecule has 1 N–H and O–H groups in total. The van der Waals surface area contributed by atoms with Crippen LogP contribution in [0, 0.1) is 5.82 Å². The summed E-state index contributed by atoms with van der Waals surface area (Å²) in [7, 11) is -4.35. The molecule has 3 aromatic carbocycles. The minimum Gasteiger partial charge on any atom is -0.354 e. The topological polar surface area (TPSA) is 86.8 Å². The van der Waals surface area contributed by atoms with E-state index in [-0.39, 0.29) is 22.2 Å². The maximum absolute atomic E-state index is 14.9. The third-order valence-corrected chi connectivity index (χ3v) is 8.44. The van der Waals surface area contributed by atoms with Gasteiger partial charge in [0.25, 0.3) is 10.0 Å². The van der Waals surface area contributed by atoms with Gasteiger partial charge in [-0.1, -0.05) is 72.9 Å². The second kappa shape index (κ2) is 13.8. The first-order chi connectivity index (χ1) is 18.6. The van der Waals surface area contributed by atoms with Crippen LogP contribution in [0.3, 0.4) is 0 Å². The molecule has 3 rings (SSSR count). The quantitative estimate of drug-likeness (QED) is 0.274. The summed E-state index contributed by atoms with van der Waals surface area (Å²) in [5, 5.41) is 3.47. The zero-order chi connectivity index (χ0) is 28.6. The van der Waals surface area contributed by atoms with Crippen LogP contribution in [0.2, 0.25) is 10.0 Å². The number of halogens is 3. The normalized spacial score (nSPS) is 12.0. The minimum atomic E-state index is -4.35. The Balaban J connectivity index is 2.02. The van der Waals surface area contributed by atoms with Gasteiger partial charge < -0.3 is 10.2 Å². The SMILES string of the molecule is CCCCNC(=O)[C@H](C)N(Cc1ccc(Cl)cc1Cl)C(=O)CN(c1ccccc1F)S(=O)(=O)c1ccccc1. The van der Waals surface area contributed by atoms with E-state index in [1.807, 2.05) is 6.92 Å². The van der Waals surface area contributed by atoms with E-state index in [9.17, 15) is 22.4 Å². The number of carbonyl (C=O) groups excluding carboxylic acids is 2. The van der Waals surface area contributed by atoms with Crippen molar-refractivity contribution in [2.45, 2.75) is 44.2 Å². The van der Waals surface area contributed by atoms with E-state index in [1.165, 1.54) is 53.4 Å². The first kappa shape index (κ1) is 30.4. The van der Waals surface area contributed by atoms with E-state index in [0.717, 1.165) is 23.2 Å². The summed E-state index contributed by atoms with van der Waals surface area (Å²) < 4.78 is 42.9. The molecule has 0 spiro atoms. The van der Waals surface area contributed by atoms with Crippen LogP contribution in [0.5, 0.6) is 0 Å². The number of carbonyl (C=O) groups is 2. The molecule has 0 aromatic heterocycles. The van der Waals surface area contributed by atoms with Crippen molar-refractivity contribution < 1.29 is 22.4 Å². The van der Waals surface area contributed by atoms with Crippen LogP contribution in [-0.2, 0) is 26.2 Å². The van der Waals surface area contributed by atoms with E-state index in [4.69, 9.17) is 23.2 Å². The molecule has 39 heavy (non-hydrogen) atoms. The van der Waals surface area contributed by atoms with Gasteiger partial charge in [0, 0.05) is 23.1 Å². The number of rotatable bonds is 12. The molecule has 0 aliphatic carbocycles. The highest BCUT2D eigenvalue weighted by Gasteiger charge is 2.33. The van der Waals surface area contributed by atoms with Crippen LogP contribution in [-0.4, -0.2) is 44.3 Å². The Hall–Kier alpha value is -3.14. The van der Waals surface area contributed by atoms with Crippen molar-refractivity contribution >= 4 is 50.7 Å². The van der Waals surface area contributed by atoms with Crippen molar-refractivity contribution in [1.29, 1.82) is 0 Å². The smallest absolute Gasteiger partial charge is 0.264 e. The van der Waals surface area contributed by atoms with Gasteiger partial charge in [-0.15, -0.1) is 0 Å². The predicted octanol–water partition coefficient (Wildman–Crippen LogP) is 5.66. The number of sulfonamides is 1. The van der Waals surface area contributed by atoms with Crippen LogP contribution in [0.1, 0.15) is 32.3 Å². The highest BCUT2D eigenvalue weighted by atomic mass is 35.5. The molecule has 0 radical (unpaired) electrons. The van der Waals surface area contributed by atoms with E-state index in [0.29, 0.717) is 17.1 Å². The Bertz CT molecular complexity index is 1410. The monoisotopic (exact) mass is 593 g/mol. The van der Waals surface area contributed by atoms with Gasteiger partial charge in [-0.25, -0.2) is 12.8 Å². The van der Waals surface area contributed by atoms with E-state index in [1.54, 1.807) is 25.1 Å². The van der Waals surface area contributed by atoms with Gasteiger partial charge in [0.15, 0.2) is 0 Å². The summed E-state index contributed by atoms with van der Waals surface area (Å²) in [6, 6.07) is 16.5. The van der Waals surface area contributed by atoms with Gasteiger partial charge in [0.2, 0.25) is 11.8 Å². The summed E-state index contributed by atoms with van der Waals surface area (Å²) >= 11 is 12.4. The third-order valence-electron chi connectivity index (χ3n) is 6.08. The first-order valence-corrected chi connectivity index (χ1v) is 14.6. The second-order valence-corrected chi connectivity index (χ2v) is 11.6. The second-order valence-electron chi connectivity index (χ2n) is 8.85. The standard InChI is InChI=1S/C28H30Cl2FN3O4S/c1-3-4-16-32-28(36)20(2)33(18-21-14-15-22(29)17-24(21)30)27(35)19-34(26-13-9-8-12-25(26)31)39(37,38)23-10-6-5-7-11-23/h5-15,17,20H,3-4,16,18-19H2,1-2H3,(H,32,36)/t20-/m0/s1. The number of unbranched alkanes of at least 4 members (excludes halogenated alkanes) is 1. The van der Waals surface area contributed by atoms with Crippen molar-refractivity contribution in [2.75, 3.05) is 17.4 Å². The Kier molecular flexibility index (Phi) is 10.7. The number of para-hydroxylation sites is 1. The number of hydrogen-bond acceptors (Lipinski definition) is 4. The van der Waals surface area contributed by atoms with Crippen molar-refractivity contribution in [2.24, 2.45) is 0 Å². The fourth-order valence-corrected chi connectivity index (χ4v) is 5.75. The van der Waals surface area contributed by atoms with Gasteiger partial charge in [-0.05, 0) is 55.3 Å². The molecular weight excluding hydrogens is 564 g/mol. The molecule has 0 aliphatic heterocycles. The molecule has 0 saturated heterocycles. The van der Waals surface area contributed by atoms with Crippen LogP contribution in [0.25, 0.3) is 0 Å². The molecule has 2 amide bonds. The fourth-order valence-electron chi connectivity index (χ4n) is 3.84. The third kappa shape index (κ3) is 7.71. The molecule has 7 nitrogen and oxygen atoms in total. The lowest BCUT2D eigenvalue weighted by atomic mass is 10.1. The van der Waals surface area contributed by atoms with E-state index in [2.05, 4.69) is 5.32 Å². The zero-order valence-corrected chi connectivity index (χ0v) is 23.9. The van der Waals surface area contributed by atoms with Crippen LogP contribution >= 0.6 is 23.2 Å². The maximum atomic E-state index is 14.9. The molecule has 0 heterocycles. The number of nitrogens with one attached hydrogen (secondary N) is 1. The van der Waals surface area contributed by atoms with Gasteiger partial charge in [-0.3, -0.25) is 13.9 Å². The molecule has 0 unspecified atom stereocenters. The average molecular weight is 595 g/mol. The van der Waals surface area contributed by atoms with Crippen LogP contribution in [0.4, 0.5) is 10.1 Å². The van der Waals surface area contributed by atoms with Crippen molar-refractivity contribution in [3.63, 3.8) is 0 Å². The van der Waals surface area contributed by atoms with Crippen LogP contribution in [0.15, 0.2) is 77.7 Å². The Morgan fingerprint density at radius 2 is 1.67 bits per heavy atom. The largest absolute Gasteiger partial charge is 0.354 e. The molecule has 0 fully saturated rings. The van der Waals surface area contributed by atoms with Gasteiger partial charge in [0.05, 0.1) is 10.6 Å². The van der Waals surface area contributed by atoms with Gasteiger partial charge in [-0.2, -0.15) is 0 Å². The van der Waals surface area contributed by atoms with Gasteiger partial charge >= 0.3 is 0 Å². The molecule has 0 saturated carbocycles. The lowest BCUT2D eigenvalue weighted by molar-refractivity contribution is -0.139. The minimum absolute atomic E-state index is 0.103. The van der Waals surface area contributed by atoms with E-state index < -0.39 is 40.2 Å². The maximum Gasteiger partial charge on any atom is 0.264 e. The highest BCUT2D eigenvalue weighted by Crippen LogP contribution is 2.28. The molecular formula is C28H30Cl2FN3O4S. The Morgan fingerprint density at radius 1 is 1.00 bits per heavy atom. The average Bonchev–Trinajstić information content (AvgIpc) is 2.92. The number of anilines is 1. The zero-order valence-electron chi connectivity index (χ0n) is 21.6. The first-order valence-electron chi connectivity index (χ1n) is 12.4. The molecule has 11 heteroatoms. The van der Waals surface area contributed by atoms with Gasteiger partial charge in [0.1, 0.15) is 18.4 Å². The van der Waals surface area contributed by atoms with Crippen molar-refractivity contribution in [3.05, 3.63) is 94.2 Å².